The van der Waals surface area contributed by atoms with Crippen molar-refractivity contribution >= 4 is 0 Å². The molecule has 2 rings (SSSR count). The van der Waals surface area contributed by atoms with Crippen LogP contribution in [0.5, 0.6) is 0 Å². The van der Waals surface area contributed by atoms with Gasteiger partial charge >= 0.3 is 0 Å². The normalized spacial score (nSPS) is 69.2. The first-order valence-corrected chi connectivity index (χ1v) is 3.05. The highest BCUT2D eigenvalue weighted by atomic mass is 16.7. The lowest BCUT2D eigenvalue weighted by atomic mass is 10.0. The summed E-state index contributed by atoms with van der Waals surface area (Å²) in [7, 11) is 0. The molecule has 2 aliphatic rings. The number of aliphatic hydroxyl groups excluding tert-OH is 1. The lowest BCUT2D eigenvalue weighted by Crippen LogP contribution is -2.18. The SMILES string of the molecule is [2H]C1O[C@@]2([2H])OCC[C@H]2[C@H]1O. The quantitative estimate of drug-likeness (QED) is 0.493. The van der Waals surface area contributed by atoms with E-state index in [1.165, 1.54) is 0 Å². The van der Waals surface area contributed by atoms with E-state index in [1.54, 1.807) is 0 Å². The minimum absolute atomic E-state index is 0.343. The average Bonchev–Trinajstić information content (AvgIpc) is 2.36. The van der Waals surface area contributed by atoms with Crippen LogP contribution in [0.25, 0.3) is 0 Å². The number of hydrogen-bond acceptors (Lipinski definition) is 3. The summed E-state index contributed by atoms with van der Waals surface area (Å²) in [5, 5.41) is 9.32. The van der Waals surface area contributed by atoms with Gasteiger partial charge in [0, 0.05) is 5.92 Å². The summed E-state index contributed by atoms with van der Waals surface area (Å²) < 4.78 is 24.5. The molecule has 9 heavy (non-hydrogen) atoms. The minimum Gasteiger partial charge on any atom is -0.390 e. The summed E-state index contributed by atoms with van der Waals surface area (Å²) in [5.74, 6) is -0.343. The van der Waals surface area contributed by atoms with Gasteiger partial charge in [-0.3, -0.25) is 0 Å². The molecular formula is C6H10O3. The van der Waals surface area contributed by atoms with E-state index in [2.05, 4.69) is 0 Å². The summed E-state index contributed by atoms with van der Waals surface area (Å²) in [6.07, 6.45) is -1.69. The average molecular weight is 132 g/mol. The Balaban J connectivity index is 2.21. The molecule has 52 valence electrons. The van der Waals surface area contributed by atoms with Gasteiger partial charge in [0.1, 0.15) is 0 Å². The van der Waals surface area contributed by atoms with Gasteiger partial charge in [-0.1, -0.05) is 0 Å². The van der Waals surface area contributed by atoms with Gasteiger partial charge in [-0.2, -0.15) is 0 Å². The molecule has 0 aromatic heterocycles. The Labute approximate surface area is 56.4 Å². The van der Waals surface area contributed by atoms with Crippen molar-refractivity contribution in [1.82, 2.24) is 0 Å². The van der Waals surface area contributed by atoms with Gasteiger partial charge in [-0.15, -0.1) is 0 Å². The summed E-state index contributed by atoms with van der Waals surface area (Å²) in [6, 6.07) is 0. The van der Waals surface area contributed by atoms with Crippen LogP contribution in [0.1, 0.15) is 9.16 Å². The van der Waals surface area contributed by atoms with Crippen LogP contribution in [0.3, 0.4) is 0 Å². The highest BCUT2D eigenvalue weighted by Gasteiger charge is 2.40. The van der Waals surface area contributed by atoms with Gasteiger partial charge in [-0.05, 0) is 6.42 Å². The largest absolute Gasteiger partial charge is 0.390 e. The van der Waals surface area contributed by atoms with Crippen molar-refractivity contribution in [3.05, 3.63) is 0 Å². The van der Waals surface area contributed by atoms with Crippen molar-refractivity contribution < 1.29 is 17.3 Å². The Morgan fingerprint density at radius 3 is 3.33 bits per heavy atom. The van der Waals surface area contributed by atoms with Gasteiger partial charge in [0.05, 0.1) is 22.0 Å². The molecule has 2 aliphatic heterocycles. The molecule has 2 fully saturated rings. The summed E-state index contributed by atoms with van der Waals surface area (Å²) in [6.45, 7) is -0.574. The van der Waals surface area contributed by atoms with E-state index in [-0.39, 0.29) is 5.92 Å². The first-order chi connectivity index (χ1) is 5.13. The Kier molecular flexibility index (Phi) is 0.840. The van der Waals surface area contributed by atoms with Gasteiger partial charge in [0.15, 0.2) is 6.27 Å². The fourth-order valence-corrected chi connectivity index (χ4v) is 1.17. The molecule has 2 saturated heterocycles. The zero-order valence-electron chi connectivity index (χ0n) is 6.91. The third-order valence-electron chi connectivity index (χ3n) is 1.71. The molecular weight excluding hydrogens is 120 g/mol. The van der Waals surface area contributed by atoms with Crippen molar-refractivity contribution in [3.63, 3.8) is 0 Å². The monoisotopic (exact) mass is 132 g/mol. The molecule has 4 atom stereocenters. The van der Waals surface area contributed by atoms with Crippen molar-refractivity contribution in [3.8, 4) is 0 Å². The number of aliphatic hydroxyl groups is 1. The third-order valence-corrected chi connectivity index (χ3v) is 1.71. The zero-order valence-corrected chi connectivity index (χ0v) is 4.91. The minimum atomic E-state index is -1.44. The third kappa shape index (κ3) is 0.764. The van der Waals surface area contributed by atoms with Crippen LogP contribution in [0.4, 0.5) is 0 Å². The molecule has 0 amide bonds. The van der Waals surface area contributed by atoms with E-state index in [0.717, 1.165) is 0 Å². The maximum absolute atomic E-state index is 9.32. The maximum Gasteiger partial charge on any atom is 0.163 e. The smallest absolute Gasteiger partial charge is 0.163 e. The highest BCUT2D eigenvalue weighted by molar-refractivity contribution is 4.81. The molecule has 1 unspecified atom stereocenters. The molecule has 0 spiro atoms. The molecule has 0 saturated carbocycles. The topological polar surface area (TPSA) is 38.7 Å². The van der Waals surface area contributed by atoms with Crippen LogP contribution in [0.15, 0.2) is 0 Å². The van der Waals surface area contributed by atoms with Crippen molar-refractivity contribution in [2.24, 2.45) is 5.92 Å². The standard InChI is InChI=1S/C6H10O3/c7-5-3-9-6-4(5)1-2-8-6/h4-7H,1-3H2/t4-,5-,6+/m0/s1/i3D,6D/t3?,4-,5-,6+. The van der Waals surface area contributed by atoms with E-state index in [1.807, 2.05) is 0 Å². The van der Waals surface area contributed by atoms with Crippen molar-refractivity contribution in [1.29, 1.82) is 0 Å². The van der Waals surface area contributed by atoms with Crippen molar-refractivity contribution in [2.45, 2.75) is 18.8 Å². The van der Waals surface area contributed by atoms with Crippen LogP contribution in [0, 0.1) is 5.92 Å². The second-order valence-corrected chi connectivity index (χ2v) is 2.31. The molecule has 0 radical (unpaired) electrons. The van der Waals surface area contributed by atoms with Gasteiger partial charge in [0.25, 0.3) is 0 Å². The number of hydrogen-bond donors (Lipinski definition) is 1. The molecule has 2 heterocycles. The fraction of sp³-hybridized carbons (Fsp3) is 1.00. The first-order valence-electron chi connectivity index (χ1n) is 4.13. The molecule has 0 bridgehead atoms. The number of rotatable bonds is 0. The van der Waals surface area contributed by atoms with E-state index in [4.69, 9.17) is 12.2 Å². The maximum atomic E-state index is 9.32. The molecule has 3 nitrogen and oxygen atoms in total. The van der Waals surface area contributed by atoms with Crippen LogP contribution in [0.2, 0.25) is 0 Å². The van der Waals surface area contributed by atoms with Gasteiger partial charge in [0.2, 0.25) is 0 Å². The number of fused-ring (bicyclic) bond motifs is 1. The summed E-state index contributed by atoms with van der Waals surface area (Å²) >= 11 is 0. The first kappa shape index (κ1) is 3.91. The summed E-state index contributed by atoms with van der Waals surface area (Å²) in [5.41, 5.74) is 0. The molecule has 0 aliphatic carbocycles. The van der Waals surface area contributed by atoms with E-state index < -0.39 is 19.0 Å². The zero-order chi connectivity index (χ0) is 8.06. The second kappa shape index (κ2) is 1.94. The Morgan fingerprint density at radius 1 is 1.67 bits per heavy atom. The van der Waals surface area contributed by atoms with E-state index in [9.17, 15) is 5.11 Å². The van der Waals surface area contributed by atoms with E-state index in [0.29, 0.717) is 13.0 Å². The molecule has 3 heteroatoms. The number of ether oxygens (including phenoxy) is 2. The van der Waals surface area contributed by atoms with Crippen molar-refractivity contribution in [2.75, 3.05) is 13.2 Å². The van der Waals surface area contributed by atoms with Gasteiger partial charge in [-0.25, -0.2) is 0 Å². The van der Waals surface area contributed by atoms with Crippen LogP contribution >= 0.6 is 0 Å². The Morgan fingerprint density at radius 2 is 2.56 bits per heavy atom. The predicted octanol–water partition coefficient (Wildman–Crippen LogP) is -0.260. The fourth-order valence-electron chi connectivity index (χ4n) is 1.17. The van der Waals surface area contributed by atoms with E-state index >= 15 is 0 Å². The van der Waals surface area contributed by atoms with Crippen LogP contribution < -0.4 is 0 Å². The summed E-state index contributed by atoms with van der Waals surface area (Å²) in [4.78, 5) is 0. The lowest BCUT2D eigenvalue weighted by Gasteiger charge is -2.06. The lowest BCUT2D eigenvalue weighted by molar-refractivity contribution is -0.0907. The Hall–Kier alpha value is -0.120. The second-order valence-electron chi connectivity index (χ2n) is 2.31. The Bertz CT molecular complexity index is 177. The molecule has 0 aromatic rings. The highest BCUT2D eigenvalue weighted by Crippen LogP contribution is 2.30. The van der Waals surface area contributed by atoms with Crippen LogP contribution in [-0.4, -0.2) is 30.7 Å². The van der Waals surface area contributed by atoms with Crippen LogP contribution in [-0.2, 0) is 9.47 Å². The molecule has 1 N–H and O–H groups in total. The molecule has 0 aromatic carbocycles. The predicted molar refractivity (Wildman–Crippen MR) is 29.8 cm³/mol. The van der Waals surface area contributed by atoms with Gasteiger partial charge < -0.3 is 14.6 Å².